The molecule has 1 unspecified atom stereocenters. The van der Waals surface area contributed by atoms with E-state index in [2.05, 4.69) is 17.4 Å². The molecular formula is C16H15FN2O. The van der Waals surface area contributed by atoms with Crippen molar-refractivity contribution in [2.75, 3.05) is 12.3 Å². The van der Waals surface area contributed by atoms with Crippen molar-refractivity contribution in [1.29, 1.82) is 0 Å². The van der Waals surface area contributed by atoms with Crippen LogP contribution in [0.15, 0.2) is 42.5 Å². The van der Waals surface area contributed by atoms with Gasteiger partial charge in [0, 0.05) is 18.2 Å². The van der Waals surface area contributed by atoms with Gasteiger partial charge in [0.1, 0.15) is 5.82 Å². The third kappa shape index (κ3) is 2.25. The highest BCUT2D eigenvalue weighted by Crippen LogP contribution is 2.34. The van der Waals surface area contributed by atoms with Crippen molar-refractivity contribution in [2.45, 2.75) is 12.3 Å². The molecule has 4 heteroatoms. The van der Waals surface area contributed by atoms with Gasteiger partial charge in [0.25, 0.3) is 5.91 Å². The van der Waals surface area contributed by atoms with E-state index in [1.54, 1.807) is 0 Å². The molecule has 1 aliphatic carbocycles. The lowest BCUT2D eigenvalue weighted by atomic mass is 9.77. The molecule has 0 saturated heterocycles. The third-order valence-electron chi connectivity index (χ3n) is 3.71. The predicted octanol–water partition coefficient (Wildman–Crippen LogP) is 2.48. The van der Waals surface area contributed by atoms with E-state index >= 15 is 0 Å². The number of fused-ring (bicyclic) bond motifs is 1. The molecule has 3 N–H and O–H groups in total. The molecule has 2 aromatic carbocycles. The topological polar surface area (TPSA) is 55.1 Å². The van der Waals surface area contributed by atoms with E-state index in [1.807, 2.05) is 12.1 Å². The van der Waals surface area contributed by atoms with E-state index < -0.39 is 11.7 Å². The summed E-state index contributed by atoms with van der Waals surface area (Å²) < 4.78 is 13.6. The summed E-state index contributed by atoms with van der Waals surface area (Å²) in [6.45, 7) is 0.527. The highest BCUT2D eigenvalue weighted by atomic mass is 19.1. The standard InChI is InChI=1S/C16H15FN2O/c17-15-8-12(18)5-6-14(15)16(20)19-9-11-7-10-3-1-2-4-13(10)11/h1-6,8,11H,7,9,18H2,(H,19,20). The Hall–Kier alpha value is -2.36. The van der Waals surface area contributed by atoms with Gasteiger partial charge in [-0.3, -0.25) is 4.79 Å². The minimum Gasteiger partial charge on any atom is -0.399 e. The van der Waals surface area contributed by atoms with Gasteiger partial charge in [-0.15, -0.1) is 0 Å². The summed E-state index contributed by atoms with van der Waals surface area (Å²) in [7, 11) is 0. The Kier molecular flexibility index (Phi) is 3.14. The van der Waals surface area contributed by atoms with Gasteiger partial charge >= 0.3 is 0 Å². The number of nitrogens with two attached hydrogens (primary N) is 1. The molecule has 1 amide bonds. The summed E-state index contributed by atoms with van der Waals surface area (Å²) in [5.74, 6) is -0.657. The van der Waals surface area contributed by atoms with Gasteiger partial charge in [0.2, 0.25) is 0 Å². The second-order valence-corrected chi connectivity index (χ2v) is 5.05. The summed E-state index contributed by atoms with van der Waals surface area (Å²) in [4.78, 5) is 11.9. The van der Waals surface area contributed by atoms with Crippen LogP contribution in [0.2, 0.25) is 0 Å². The van der Waals surface area contributed by atoms with Crippen LogP contribution in [0.5, 0.6) is 0 Å². The smallest absolute Gasteiger partial charge is 0.254 e. The summed E-state index contributed by atoms with van der Waals surface area (Å²) >= 11 is 0. The van der Waals surface area contributed by atoms with Crippen LogP contribution >= 0.6 is 0 Å². The molecular weight excluding hydrogens is 255 g/mol. The molecule has 20 heavy (non-hydrogen) atoms. The lowest BCUT2D eigenvalue weighted by Crippen LogP contribution is -2.33. The minimum absolute atomic E-state index is 0.0341. The molecule has 0 aromatic heterocycles. The first kappa shape index (κ1) is 12.7. The van der Waals surface area contributed by atoms with Crippen molar-refractivity contribution in [3.63, 3.8) is 0 Å². The SMILES string of the molecule is Nc1ccc(C(=O)NCC2Cc3ccccc32)c(F)c1. The van der Waals surface area contributed by atoms with E-state index in [0.29, 0.717) is 18.2 Å². The van der Waals surface area contributed by atoms with E-state index in [4.69, 9.17) is 5.73 Å². The number of rotatable bonds is 3. The lowest BCUT2D eigenvalue weighted by molar-refractivity contribution is 0.0946. The fraction of sp³-hybridized carbons (Fsp3) is 0.188. The Morgan fingerprint density at radius 2 is 2.10 bits per heavy atom. The molecule has 0 spiro atoms. The lowest BCUT2D eigenvalue weighted by Gasteiger charge is -2.30. The zero-order chi connectivity index (χ0) is 14.1. The van der Waals surface area contributed by atoms with E-state index in [1.165, 1.54) is 23.3 Å². The summed E-state index contributed by atoms with van der Waals surface area (Å²) in [6, 6.07) is 12.3. The Morgan fingerprint density at radius 3 is 2.85 bits per heavy atom. The molecule has 0 bridgehead atoms. The van der Waals surface area contributed by atoms with Gasteiger partial charge in [-0.1, -0.05) is 24.3 Å². The number of anilines is 1. The van der Waals surface area contributed by atoms with Crippen LogP contribution in [0.1, 0.15) is 27.4 Å². The first-order valence-electron chi connectivity index (χ1n) is 6.56. The number of hydrogen-bond acceptors (Lipinski definition) is 2. The molecule has 3 rings (SSSR count). The Morgan fingerprint density at radius 1 is 1.30 bits per heavy atom. The van der Waals surface area contributed by atoms with Crippen molar-refractivity contribution in [2.24, 2.45) is 0 Å². The summed E-state index contributed by atoms with van der Waals surface area (Å²) in [5, 5.41) is 2.78. The molecule has 0 radical (unpaired) electrons. The van der Waals surface area contributed by atoms with Crippen LogP contribution in [0.25, 0.3) is 0 Å². The Labute approximate surface area is 116 Å². The number of carbonyl (C=O) groups excluding carboxylic acids is 1. The Balaban J connectivity index is 1.64. The van der Waals surface area contributed by atoms with Crippen LogP contribution < -0.4 is 11.1 Å². The van der Waals surface area contributed by atoms with Crippen LogP contribution in [-0.2, 0) is 6.42 Å². The minimum atomic E-state index is -0.587. The van der Waals surface area contributed by atoms with Crippen molar-refractivity contribution in [1.82, 2.24) is 5.32 Å². The third-order valence-corrected chi connectivity index (χ3v) is 3.71. The van der Waals surface area contributed by atoms with Crippen LogP contribution in [0.4, 0.5) is 10.1 Å². The molecule has 1 aliphatic rings. The molecule has 0 aliphatic heterocycles. The highest BCUT2D eigenvalue weighted by Gasteiger charge is 2.25. The monoisotopic (exact) mass is 270 g/mol. The highest BCUT2D eigenvalue weighted by molar-refractivity contribution is 5.94. The molecule has 1 atom stereocenters. The molecule has 3 nitrogen and oxygen atoms in total. The van der Waals surface area contributed by atoms with E-state index in [0.717, 1.165) is 12.5 Å². The average molecular weight is 270 g/mol. The zero-order valence-corrected chi connectivity index (χ0v) is 10.9. The number of carbonyl (C=O) groups is 1. The Bertz CT molecular complexity index is 669. The number of halogens is 1. The number of hydrogen-bond donors (Lipinski definition) is 2. The van der Waals surface area contributed by atoms with Gasteiger partial charge in [0.05, 0.1) is 5.56 Å². The van der Waals surface area contributed by atoms with Crippen molar-refractivity contribution in [3.8, 4) is 0 Å². The molecule has 2 aromatic rings. The normalized spacial score (nSPS) is 16.1. The number of benzene rings is 2. The molecule has 102 valence electrons. The van der Waals surface area contributed by atoms with Crippen molar-refractivity contribution in [3.05, 3.63) is 65.0 Å². The van der Waals surface area contributed by atoms with Crippen LogP contribution in [-0.4, -0.2) is 12.5 Å². The maximum atomic E-state index is 13.6. The van der Waals surface area contributed by atoms with Gasteiger partial charge < -0.3 is 11.1 Å². The second kappa shape index (κ2) is 4.96. The number of amides is 1. The van der Waals surface area contributed by atoms with Gasteiger partial charge in [-0.25, -0.2) is 4.39 Å². The molecule has 0 heterocycles. The summed E-state index contributed by atoms with van der Waals surface area (Å²) in [6.07, 6.45) is 0.959. The average Bonchev–Trinajstić information content (AvgIpc) is 2.39. The largest absolute Gasteiger partial charge is 0.399 e. The molecule has 0 fully saturated rings. The maximum absolute atomic E-state index is 13.6. The fourth-order valence-electron chi connectivity index (χ4n) is 2.57. The summed E-state index contributed by atoms with van der Waals surface area (Å²) in [5.41, 5.74) is 8.40. The van der Waals surface area contributed by atoms with Gasteiger partial charge in [-0.05, 0) is 35.7 Å². The van der Waals surface area contributed by atoms with Gasteiger partial charge in [-0.2, -0.15) is 0 Å². The first-order chi connectivity index (χ1) is 9.65. The van der Waals surface area contributed by atoms with Gasteiger partial charge in [0.15, 0.2) is 0 Å². The number of nitrogen functional groups attached to an aromatic ring is 1. The van der Waals surface area contributed by atoms with E-state index in [9.17, 15) is 9.18 Å². The predicted molar refractivity (Wildman–Crippen MR) is 76.0 cm³/mol. The van der Waals surface area contributed by atoms with Crippen molar-refractivity contribution >= 4 is 11.6 Å². The number of nitrogens with one attached hydrogen (secondary N) is 1. The zero-order valence-electron chi connectivity index (χ0n) is 10.9. The first-order valence-corrected chi connectivity index (χ1v) is 6.56. The quantitative estimate of drug-likeness (QED) is 0.842. The fourth-order valence-corrected chi connectivity index (χ4v) is 2.57. The van der Waals surface area contributed by atoms with Crippen LogP contribution in [0, 0.1) is 5.82 Å². The van der Waals surface area contributed by atoms with E-state index in [-0.39, 0.29) is 5.56 Å². The second-order valence-electron chi connectivity index (χ2n) is 5.05. The molecule has 0 saturated carbocycles. The van der Waals surface area contributed by atoms with Crippen molar-refractivity contribution < 1.29 is 9.18 Å². The maximum Gasteiger partial charge on any atom is 0.254 e. The van der Waals surface area contributed by atoms with Crippen LogP contribution in [0.3, 0.4) is 0 Å².